The highest BCUT2D eigenvalue weighted by Gasteiger charge is 2.11. The summed E-state index contributed by atoms with van der Waals surface area (Å²) in [5, 5.41) is 2.89. The summed E-state index contributed by atoms with van der Waals surface area (Å²) >= 11 is 0. The van der Waals surface area contributed by atoms with E-state index in [-0.39, 0.29) is 5.91 Å². The van der Waals surface area contributed by atoms with Crippen molar-refractivity contribution >= 4 is 18.3 Å². The molecule has 0 fully saturated rings. The molecule has 4 heteroatoms. The summed E-state index contributed by atoms with van der Waals surface area (Å²) in [4.78, 5) is 18.3. The third kappa shape index (κ3) is 6.23. The molecule has 0 aliphatic rings. The van der Waals surface area contributed by atoms with Crippen LogP contribution in [0.5, 0.6) is 0 Å². The van der Waals surface area contributed by atoms with Crippen molar-refractivity contribution in [3.8, 4) is 0 Å². The Kier molecular flexibility index (Phi) is 9.44. The van der Waals surface area contributed by atoms with Crippen molar-refractivity contribution < 1.29 is 4.79 Å². The van der Waals surface area contributed by atoms with E-state index in [1.807, 2.05) is 69.3 Å². The lowest BCUT2D eigenvalue weighted by Crippen LogP contribution is -2.24. The fourth-order valence-electron chi connectivity index (χ4n) is 2.56. The van der Waals surface area contributed by atoms with Crippen LogP contribution in [0.25, 0.3) is 0 Å². The molecule has 0 spiro atoms. The first kappa shape index (κ1) is 22.9. The van der Waals surface area contributed by atoms with Crippen molar-refractivity contribution in [1.29, 1.82) is 0 Å². The first-order valence-corrected chi connectivity index (χ1v) is 9.34. The van der Waals surface area contributed by atoms with Crippen LogP contribution in [0.3, 0.4) is 0 Å². The van der Waals surface area contributed by atoms with E-state index in [1.54, 1.807) is 12.1 Å². The molecule has 0 aromatic heterocycles. The monoisotopic (exact) mass is 377 g/mol. The summed E-state index contributed by atoms with van der Waals surface area (Å²) in [6.07, 6.45) is 8.42. The molecule has 0 bridgehead atoms. The summed E-state index contributed by atoms with van der Waals surface area (Å²) in [6, 6.07) is 7.46. The van der Waals surface area contributed by atoms with Gasteiger partial charge in [0.25, 0.3) is 5.91 Å². The third-order valence-corrected chi connectivity index (χ3v) is 4.31. The molecule has 0 radical (unpaired) electrons. The van der Waals surface area contributed by atoms with Crippen LogP contribution in [0.4, 0.5) is 5.69 Å². The number of anilines is 1. The summed E-state index contributed by atoms with van der Waals surface area (Å²) in [7, 11) is 1.90. The van der Waals surface area contributed by atoms with E-state index in [4.69, 9.17) is 0 Å². The van der Waals surface area contributed by atoms with Gasteiger partial charge in [-0.1, -0.05) is 44.4 Å². The molecule has 0 aliphatic heterocycles. The SMILES string of the molecule is C=C/C=C(C(=C)/C(=C/N(C)c1cccc(C(=O)NCCC)c1)N=C)\C(C)=C/C. The van der Waals surface area contributed by atoms with Crippen LogP contribution in [-0.4, -0.2) is 26.2 Å². The minimum absolute atomic E-state index is 0.0764. The summed E-state index contributed by atoms with van der Waals surface area (Å²) in [5.41, 5.74) is 4.94. The molecule has 0 saturated carbocycles. The van der Waals surface area contributed by atoms with Gasteiger partial charge in [-0.15, -0.1) is 0 Å². The van der Waals surface area contributed by atoms with Gasteiger partial charge in [-0.3, -0.25) is 9.79 Å². The van der Waals surface area contributed by atoms with Crippen molar-refractivity contribution in [2.24, 2.45) is 4.99 Å². The van der Waals surface area contributed by atoms with Crippen LogP contribution in [-0.2, 0) is 0 Å². The van der Waals surface area contributed by atoms with Gasteiger partial charge < -0.3 is 10.2 Å². The van der Waals surface area contributed by atoms with Gasteiger partial charge in [0.15, 0.2) is 0 Å². The second kappa shape index (κ2) is 11.5. The van der Waals surface area contributed by atoms with Gasteiger partial charge in [0.1, 0.15) is 0 Å². The Hall–Kier alpha value is -3.14. The lowest BCUT2D eigenvalue weighted by Gasteiger charge is -2.18. The van der Waals surface area contributed by atoms with Gasteiger partial charge in [-0.25, -0.2) is 0 Å². The Morgan fingerprint density at radius 3 is 2.64 bits per heavy atom. The van der Waals surface area contributed by atoms with Crippen molar-refractivity contribution in [3.05, 3.63) is 89.8 Å². The van der Waals surface area contributed by atoms with Crippen molar-refractivity contribution in [2.45, 2.75) is 27.2 Å². The largest absolute Gasteiger partial charge is 0.352 e. The number of benzene rings is 1. The Morgan fingerprint density at radius 1 is 1.36 bits per heavy atom. The minimum atomic E-state index is -0.0764. The van der Waals surface area contributed by atoms with Gasteiger partial charge in [0, 0.05) is 36.6 Å². The van der Waals surface area contributed by atoms with Crippen LogP contribution in [0.1, 0.15) is 37.6 Å². The van der Waals surface area contributed by atoms with E-state index in [1.165, 1.54) is 0 Å². The quantitative estimate of drug-likeness (QED) is 0.436. The number of allylic oxidation sites excluding steroid dienone is 5. The average Bonchev–Trinajstić information content (AvgIpc) is 2.72. The average molecular weight is 378 g/mol. The molecule has 1 aromatic carbocycles. The number of hydrogen-bond donors (Lipinski definition) is 1. The van der Waals surface area contributed by atoms with Crippen LogP contribution >= 0.6 is 0 Å². The van der Waals surface area contributed by atoms with Gasteiger partial charge >= 0.3 is 0 Å². The molecule has 148 valence electrons. The lowest BCUT2D eigenvalue weighted by atomic mass is 9.97. The van der Waals surface area contributed by atoms with Crippen LogP contribution < -0.4 is 10.2 Å². The first-order valence-electron chi connectivity index (χ1n) is 9.34. The molecule has 1 amide bonds. The number of amides is 1. The van der Waals surface area contributed by atoms with Crippen LogP contribution in [0.15, 0.2) is 89.3 Å². The first-order chi connectivity index (χ1) is 13.4. The zero-order valence-corrected chi connectivity index (χ0v) is 17.5. The zero-order valence-electron chi connectivity index (χ0n) is 17.5. The Labute approximate surface area is 169 Å². The van der Waals surface area contributed by atoms with E-state index in [0.717, 1.165) is 28.8 Å². The molecular weight excluding hydrogens is 346 g/mol. The van der Waals surface area contributed by atoms with Crippen LogP contribution in [0.2, 0.25) is 0 Å². The summed E-state index contributed by atoms with van der Waals surface area (Å²) in [5.74, 6) is -0.0764. The molecule has 0 unspecified atom stereocenters. The maximum atomic E-state index is 12.2. The van der Waals surface area contributed by atoms with Crippen molar-refractivity contribution in [2.75, 3.05) is 18.5 Å². The highest BCUT2D eigenvalue weighted by atomic mass is 16.1. The Bertz CT molecular complexity index is 828. The molecular formula is C24H31N3O. The van der Waals surface area contributed by atoms with Crippen LogP contribution in [0, 0.1) is 0 Å². The molecule has 1 rings (SSSR count). The smallest absolute Gasteiger partial charge is 0.251 e. The summed E-state index contributed by atoms with van der Waals surface area (Å²) in [6.45, 7) is 18.3. The zero-order chi connectivity index (χ0) is 21.1. The predicted octanol–water partition coefficient (Wildman–Crippen LogP) is 5.44. The van der Waals surface area contributed by atoms with E-state index >= 15 is 0 Å². The topological polar surface area (TPSA) is 44.7 Å². The number of hydrogen-bond acceptors (Lipinski definition) is 3. The van der Waals surface area contributed by atoms with E-state index in [2.05, 4.69) is 30.2 Å². The predicted molar refractivity (Wildman–Crippen MR) is 122 cm³/mol. The molecule has 1 N–H and O–H groups in total. The van der Waals surface area contributed by atoms with Crippen molar-refractivity contribution in [1.82, 2.24) is 5.32 Å². The van der Waals surface area contributed by atoms with Crippen molar-refractivity contribution in [3.63, 3.8) is 0 Å². The van der Waals surface area contributed by atoms with E-state index in [9.17, 15) is 4.79 Å². The molecule has 0 atom stereocenters. The van der Waals surface area contributed by atoms with Gasteiger partial charge in [0.2, 0.25) is 0 Å². The number of aliphatic imine (C=N–C) groups is 1. The number of carbonyl (C=O) groups excluding carboxylic acids is 1. The molecule has 28 heavy (non-hydrogen) atoms. The normalized spacial score (nSPS) is 12.4. The second-order valence-electron chi connectivity index (χ2n) is 6.36. The Morgan fingerprint density at radius 2 is 2.07 bits per heavy atom. The molecule has 0 heterocycles. The fourth-order valence-corrected chi connectivity index (χ4v) is 2.56. The highest BCUT2D eigenvalue weighted by Crippen LogP contribution is 2.26. The molecule has 0 saturated heterocycles. The summed E-state index contributed by atoms with van der Waals surface area (Å²) < 4.78 is 0. The van der Waals surface area contributed by atoms with Gasteiger partial charge in [-0.05, 0) is 56.3 Å². The standard InChI is InChI=1S/C24H31N3O/c1-8-12-22(18(4)10-3)19(5)23(25-6)17-27(7)21-14-11-13-20(16-21)24(28)26-15-9-2/h8,10-14,16-17H,1,5-6,9,15H2,2-4,7H3,(H,26,28)/b18-10-,22-12+,23-17-. The van der Waals surface area contributed by atoms with E-state index in [0.29, 0.717) is 17.8 Å². The maximum absolute atomic E-state index is 12.2. The number of carbonyl (C=O) groups is 1. The number of nitrogens with one attached hydrogen (secondary N) is 1. The Balaban J connectivity index is 3.18. The maximum Gasteiger partial charge on any atom is 0.251 e. The van der Waals surface area contributed by atoms with Gasteiger partial charge in [0.05, 0.1) is 5.70 Å². The highest BCUT2D eigenvalue weighted by molar-refractivity contribution is 5.95. The molecule has 1 aromatic rings. The number of rotatable bonds is 10. The fraction of sp³-hybridized carbons (Fsp3) is 0.250. The molecule has 0 aliphatic carbocycles. The third-order valence-electron chi connectivity index (χ3n) is 4.31. The number of nitrogens with zero attached hydrogens (tertiary/aromatic N) is 2. The second-order valence-corrected chi connectivity index (χ2v) is 6.36. The van der Waals surface area contributed by atoms with E-state index < -0.39 is 0 Å². The minimum Gasteiger partial charge on any atom is -0.352 e. The lowest BCUT2D eigenvalue weighted by molar-refractivity contribution is 0.0953. The van der Waals surface area contributed by atoms with Gasteiger partial charge in [-0.2, -0.15) is 0 Å². The molecule has 4 nitrogen and oxygen atoms in total.